The van der Waals surface area contributed by atoms with Gasteiger partial charge < -0.3 is 4.74 Å². The molecule has 2 aromatic carbocycles. The summed E-state index contributed by atoms with van der Waals surface area (Å²) in [5, 5.41) is 13.0. The second-order valence-corrected chi connectivity index (χ2v) is 5.60. The van der Waals surface area contributed by atoms with Gasteiger partial charge in [-0.2, -0.15) is 15.0 Å². The van der Waals surface area contributed by atoms with E-state index >= 15 is 0 Å². The van der Waals surface area contributed by atoms with Gasteiger partial charge >= 0.3 is 11.7 Å². The van der Waals surface area contributed by atoms with Crippen molar-refractivity contribution in [1.82, 2.24) is 14.3 Å². The standard InChI is InChI=1S/C19H16N4O3/c1-26-18(24)11-6-14-2-7-16(8-3-14)22-13-21-23(19(22)25)17-9-4-15(12-20)5-10-17/h2-5,7-10,13H,6,11H2,1H3. The van der Waals surface area contributed by atoms with Gasteiger partial charge in [0, 0.05) is 6.42 Å². The maximum atomic E-state index is 12.6. The number of nitrogens with zero attached hydrogens (tertiary/aromatic N) is 4. The first-order valence-electron chi connectivity index (χ1n) is 7.95. The van der Waals surface area contributed by atoms with Crippen LogP contribution in [0.3, 0.4) is 0 Å². The van der Waals surface area contributed by atoms with Gasteiger partial charge in [-0.1, -0.05) is 12.1 Å². The second-order valence-electron chi connectivity index (χ2n) is 5.60. The molecule has 0 spiro atoms. The summed E-state index contributed by atoms with van der Waals surface area (Å²) in [5.74, 6) is -0.256. The van der Waals surface area contributed by atoms with Crippen molar-refractivity contribution in [2.24, 2.45) is 0 Å². The average molecular weight is 348 g/mol. The van der Waals surface area contributed by atoms with Crippen molar-refractivity contribution in [2.45, 2.75) is 12.8 Å². The predicted octanol–water partition coefficient (Wildman–Crippen LogP) is 2.00. The lowest BCUT2D eigenvalue weighted by atomic mass is 10.1. The zero-order chi connectivity index (χ0) is 18.5. The van der Waals surface area contributed by atoms with Crippen molar-refractivity contribution in [3.8, 4) is 17.4 Å². The minimum absolute atomic E-state index is 0.256. The maximum Gasteiger partial charge on any atom is 0.355 e. The molecule has 26 heavy (non-hydrogen) atoms. The first-order chi connectivity index (χ1) is 12.6. The SMILES string of the molecule is COC(=O)CCc1ccc(-n2cnn(-c3ccc(C#N)cc3)c2=O)cc1. The van der Waals surface area contributed by atoms with E-state index in [1.807, 2.05) is 18.2 Å². The lowest BCUT2D eigenvalue weighted by molar-refractivity contribution is -0.140. The molecular formula is C19H16N4O3. The summed E-state index contributed by atoms with van der Waals surface area (Å²) in [6, 6.07) is 16.0. The first kappa shape index (κ1) is 17.2. The number of nitriles is 1. The summed E-state index contributed by atoms with van der Waals surface area (Å²) >= 11 is 0. The topological polar surface area (TPSA) is 89.9 Å². The summed E-state index contributed by atoms with van der Waals surface area (Å²) in [7, 11) is 1.36. The number of esters is 1. The van der Waals surface area contributed by atoms with Gasteiger partial charge in [0.15, 0.2) is 0 Å². The molecule has 0 amide bonds. The second kappa shape index (κ2) is 7.49. The van der Waals surface area contributed by atoms with Crippen molar-refractivity contribution >= 4 is 5.97 Å². The van der Waals surface area contributed by atoms with Crippen LogP contribution in [-0.2, 0) is 16.0 Å². The fourth-order valence-corrected chi connectivity index (χ4v) is 2.51. The van der Waals surface area contributed by atoms with E-state index in [1.54, 1.807) is 36.4 Å². The van der Waals surface area contributed by atoms with Crippen molar-refractivity contribution in [3.63, 3.8) is 0 Å². The minimum Gasteiger partial charge on any atom is -0.469 e. The van der Waals surface area contributed by atoms with E-state index in [4.69, 9.17) is 5.26 Å². The number of hydrogen-bond donors (Lipinski definition) is 0. The number of carbonyl (C=O) groups excluding carboxylic acids is 1. The molecule has 0 aliphatic rings. The molecule has 0 atom stereocenters. The van der Waals surface area contributed by atoms with Gasteiger partial charge in [0.25, 0.3) is 0 Å². The Kier molecular flexibility index (Phi) is 4.94. The highest BCUT2D eigenvalue weighted by Crippen LogP contribution is 2.11. The van der Waals surface area contributed by atoms with Crippen LogP contribution in [0.2, 0.25) is 0 Å². The summed E-state index contributed by atoms with van der Waals surface area (Å²) < 4.78 is 7.33. The largest absolute Gasteiger partial charge is 0.469 e. The highest BCUT2D eigenvalue weighted by Gasteiger charge is 2.09. The number of carbonyl (C=O) groups is 1. The fraction of sp³-hybridized carbons (Fsp3) is 0.158. The van der Waals surface area contributed by atoms with Gasteiger partial charge in [-0.15, -0.1) is 0 Å². The van der Waals surface area contributed by atoms with Gasteiger partial charge in [0.05, 0.1) is 30.1 Å². The Balaban J connectivity index is 1.82. The Morgan fingerprint density at radius 3 is 2.38 bits per heavy atom. The summed E-state index contributed by atoms with van der Waals surface area (Å²) in [4.78, 5) is 23.8. The lowest BCUT2D eigenvalue weighted by Gasteiger charge is -2.04. The monoisotopic (exact) mass is 348 g/mol. The van der Waals surface area contributed by atoms with E-state index in [1.165, 1.54) is 22.7 Å². The van der Waals surface area contributed by atoms with Crippen LogP contribution in [0.5, 0.6) is 0 Å². The lowest BCUT2D eigenvalue weighted by Crippen LogP contribution is -2.22. The molecule has 0 saturated heterocycles. The molecule has 0 radical (unpaired) electrons. The van der Waals surface area contributed by atoms with Crippen molar-refractivity contribution in [1.29, 1.82) is 5.26 Å². The summed E-state index contributed by atoms with van der Waals surface area (Å²) in [6.45, 7) is 0. The number of benzene rings is 2. The first-order valence-corrected chi connectivity index (χ1v) is 7.95. The third-order valence-electron chi connectivity index (χ3n) is 3.97. The molecule has 0 aliphatic heterocycles. The average Bonchev–Trinajstić information content (AvgIpc) is 3.08. The summed E-state index contributed by atoms with van der Waals surface area (Å²) in [6.07, 6.45) is 2.34. The highest BCUT2D eigenvalue weighted by atomic mass is 16.5. The van der Waals surface area contributed by atoms with Crippen LogP contribution < -0.4 is 5.69 Å². The molecular weight excluding hydrogens is 332 g/mol. The molecule has 3 rings (SSSR count). The molecule has 0 saturated carbocycles. The van der Waals surface area contributed by atoms with Crippen LogP contribution in [0.1, 0.15) is 17.5 Å². The van der Waals surface area contributed by atoms with Gasteiger partial charge in [0.1, 0.15) is 6.33 Å². The van der Waals surface area contributed by atoms with Gasteiger partial charge in [-0.25, -0.2) is 9.36 Å². The number of ether oxygens (including phenoxy) is 1. The van der Waals surface area contributed by atoms with Gasteiger partial charge in [0.2, 0.25) is 0 Å². The van der Waals surface area contributed by atoms with Crippen LogP contribution in [0.4, 0.5) is 0 Å². The molecule has 3 aromatic rings. The number of hydrogen-bond acceptors (Lipinski definition) is 5. The van der Waals surface area contributed by atoms with E-state index in [2.05, 4.69) is 9.84 Å². The molecule has 0 aliphatic carbocycles. The third kappa shape index (κ3) is 3.54. The molecule has 0 bridgehead atoms. The Labute approximate surface area is 149 Å². The maximum absolute atomic E-state index is 12.6. The fourth-order valence-electron chi connectivity index (χ4n) is 2.51. The van der Waals surface area contributed by atoms with Crippen molar-refractivity contribution in [2.75, 3.05) is 7.11 Å². The zero-order valence-corrected chi connectivity index (χ0v) is 14.1. The molecule has 0 N–H and O–H groups in total. The Bertz CT molecular complexity index is 1010. The van der Waals surface area contributed by atoms with E-state index in [9.17, 15) is 9.59 Å². The Morgan fingerprint density at radius 2 is 1.77 bits per heavy atom. The molecule has 7 nitrogen and oxygen atoms in total. The number of methoxy groups -OCH3 is 1. The van der Waals surface area contributed by atoms with Crippen LogP contribution in [0.25, 0.3) is 11.4 Å². The molecule has 7 heteroatoms. The van der Waals surface area contributed by atoms with Gasteiger partial charge in [-0.3, -0.25) is 4.79 Å². The number of aromatic nitrogens is 3. The van der Waals surface area contributed by atoms with E-state index in [-0.39, 0.29) is 11.7 Å². The molecule has 1 heterocycles. The van der Waals surface area contributed by atoms with E-state index in [0.29, 0.717) is 29.8 Å². The van der Waals surface area contributed by atoms with Crippen LogP contribution >= 0.6 is 0 Å². The quantitative estimate of drug-likeness (QED) is 0.658. The minimum atomic E-state index is -0.308. The van der Waals surface area contributed by atoms with E-state index in [0.717, 1.165) is 5.56 Å². The Morgan fingerprint density at radius 1 is 1.12 bits per heavy atom. The number of rotatable bonds is 5. The zero-order valence-electron chi connectivity index (χ0n) is 14.1. The summed E-state index contributed by atoms with van der Waals surface area (Å²) in [5.41, 5.74) is 2.45. The van der Waals surface area contributed by atoms with Crippen molar-refractivity contribution < 1.29 is 9.53 Å². The molecule has 0 unspecified atom stereocenters. The number of aryl methyl sites for hydroxylation is 1. The van der Waals surface area contributed by atoms with Gasteiger partial charge in [-0.05, 0) is 48.4 Å². The third-order valence-corrected chi connectivity index (χ3v) is 3.97. The Hall–Kier alpha value is -3.66. The van der Waals surface area contributed by atoms with E-state index < -0.39 is 0 Å². The highest BCUT2D eigenvalue weighted by molar-refractivity contribution is 5.69. The normalized spacial score (nSPS) is 10.3. The van der Waals surface area contributed by atoms with Crippen LogP contribution in [0, 0.1) is 11.3 Å². The smallest absolute Gasteiger partial charge is 0.355 e. The van der Waals surface area contributed by atoms with Crippen LogP contribution in [0.15, 0.2) is 59.7 Å². The molecule has 0 fully saturated rings. The molecule has 130 valence electrons. The van der Waals surface area contributed by atoms with Crippen LogP contribution in [-0.4, -0.2) is 27.4 Å². The van der Waals surface area contributed by atoms with Crippen molar-refractivity contribution in [3.05, 3.63) is 76.5 Å². The molecule has 1 aromatic heterocycles. The predicted molar refractivity (Wildman–Crippen MR) is 94.2 cm³/mol.